The number of aromatic nitrogens is 3. The minimum absolute atomic E-state index is 0.356. The molecule has 0 fully saturated rings. The maximum Gasteiger partial charge on any atom is 0.321 e. The minimum Gasteiger partial charge on any atom is -0.422 e. The molecule has 2 aromatic heterocycles. The van der Waals surface area contributed by atoms with Crippen LogP contribution in [-0.2, 0) is 13.0 Å². The second-order valence-electron chi connectivity index (χ2n) is 4.90. The van der Waals surface area contributed by atoms with Gasteiger partial charge in [-0.25, -0.2) is 9.97 Å². The molecular weight excluding hydrogens is 264 g/mol. The van der Waals surface area contributed by atoms with Crippen molar-refractivity contribution in [3.05, 3.63) is 41.5 Å². The summed E-state index contributed by atoms with van der Waals surface area (Å²) in [6, 6.07) is 4.20. The quantitative estimate of drug-likeness (QED) is 0.793. The summed E-state index contributed by atoms with van der Waals surface area (Å²) in [5.74, 6) is 0.722. The Morgan fingerprint density at radius 1 is 1.14 bits per heavy atom. The average Bonchev–Trinajstić information content (AvgIpc) is 2.51. The number of nitrogens with zero attached hydrogens (tertiary/aromatic N) is 3. The Bertz CT molecular complexity index is 569. The van der Waals surface area contributed by atoms with Crippen LogP contribution in [-0.4, -0.2) is 21.5 Å². The molecule has 0 saturated carbocycles. The Balaban J connectivity index is 2.03. The molecule has 2 aromatic rings. The molecule has 0 aliphatic carbocycles. The molecule has 2 rings (SSSR count). The highest BCUT2D eigenvalue weighted by atomic mass is 16.5. The molecule has 5 heteroatoms. The molecule has 0 saturated heterocycles. The summed E-state index contributed by atoms with van der Waals surface area (Å²) in [6.07, 6.45) is 5.51. The molecule has 0 atom stereocenters. The molecule has 21 heavy (non-hydrogen) atoms. The van der Waals surface area contributed by atoms with Crippen LogP contribution in [0.15, 0.2) is 24.5 Å². The van der Waals surface area contributed by atoms with E-state index >= 15 is 0 Å². The van der Waals surface area contributed by atoms with Gasteiger partial charge in [-0.3, -0.25) is 4.98 Å². The van der Waals surface area contributed by atoms with E-state index in [-0.39, 0.29) is 0 Å². The summed E-state index contributed by atoms with van der Waals surface area (Å²) in [5, 5.41) is 3.31. The van der Waals surface area contributed by atoms with Crippen molar-refractivity contribution in [2.75, 3.05) is 6.54 Å². The number of nitrogens with one attached hydrogen (secondary N) is 1. The van der Waals surface area contributed by atoms with Gasteiger partial charge >= 0.3 is 6.01 Å². The van der Waals surface area contributed by atoms with Crippen LogP contribution in [0.1, 0.15) is 37.2 Å². The highest BCUT2D eigenvalue weighted by molar-refractivity contribution is 5.31. The molecule has 0 bridgehead atoms. The number of aryl methyl sites for hydroxylation is 2. The largest absolute Gasteiger partial charge is 0.422 e. The van der Waals surface area contributed by atoms with E-state index in [1.54, 1.807) is 12.4 Å². The van der Waals surface area contributed by atoms with Gasteiger partial charge in [-0.2, -0.15) is 0 Å². The van der Waals surface area contributed by atoms with Gasteiger partial charge in [0.15, 0.2) is 5.75 Å². The summed E-state index contributed by atoms with van der Waals surface area (Å²) >= 11 is 0. The van der Waals surface area contributed by atoms with Crippen LogP contribution in [0, 0.1) is 6.92 Å². The van der Waals surface area contributed by atoms with E-state index in [4.69, 9.17) is 4.74 Å². The number of pyridine rings is 1. The highest BCUT2D eigenvalue weighted by Gasteiger charge is 2.07. The van der Waals surface area contributed by atoms with E-state index in [9.17, 15) is 0 Å². The van der Waals surface area contributed by atoms with Gasteiger partial charge in [0.25, 0.3) is 0 Å². The molecule has 0 aliphatic heterocycles. The maximum absolute atomic E-state index is 5.73. The second kappa shape index (κ2) is 7.69. The number of hydrogen-bond donors (Lipinski definition) is 1. The van der Waals surface area contributed by atoms with E-state index in [1.807, 2.05) is 19.1 Å². The standard InChI is InChI=1S/C16H22N4O/c1-4-8-17-9-13-10-18-16(19-11-13)21-15-7-6-12(3)20-14(15)5-2/h6-7,10-11,17H,4-5,8-9H2,1-3H3. The molecule has 1 N–H and O–H groups in total. The van der Waals surface area contributed by atoms with Gasteiger partial charge in [-0.05, 0) is 38.4 Å². The van der Waals surface area contributed by atoms with Gasteiger partial charge in [0.05, 0.1) is 5.69 Å². The molecule has 2 heterocycles. The lowest BCUT2D eigenvalue weighted by Crippen LogP contribution is -2.14. The first-order chi connectivity index (χ1) is 10.2. The summed E-state index contributed by atoms with van der Waals surface area (Å²) in [5.41, 5.74) is 2.96. The molecule has 5 nitrogen and oxygen atoms in total. The average molecular weight is 286 g/mol. The van der Waals surface area contributed by atoms with Crippen LogP contribution >= 0.6 is 0 Å². The molecular formula is C16H22N4O. The zero-order valence-corrected chi connectivity index (χ0v) is 12.9. The first kappa shape index (κ1) is 15.4. The van der Waals surface area contributed by atoms with Crippen LogP contribution in [0.25, 0.3) is 0 Å². The first-order valence-electron chi connectivity index (χ1n) is 7.39. The van der Waals surface area contributed by atoms with Gasteiger partial charge in [0.1, 0.15) is 0 Å². The Kier molecular flexibility index (Phi) is 5.63. The molecule has 0 amide bonds. The fraction of sp³-hybridized carbons (Fsp3) is 0.438. The third kappa shape index (κ3) is 4.49. The van der Waals surface area contributed by atoms with Crippen molar-refractivity contribution in [1.82, 2.24) is 20.3 Å². The SMILES string of the molecule is CCCNCc1cnc(Oc2ccc(C)nc2CC)nc1. The van der Waals surface area contributed by atoms with E-state index in [1.165, 1.54) is 0 Å². The molecule has 0 aromatic carbocycles. The Morgan fingerprint density at radius 3 is 2.57 bits per heavy atom. The fourth-order valence-electron chi connectivity index (χ4n) is 1.94. The molecule has 112 valence electrons. The Labute approximate surface area is 125 Å². The fourth-order valence-corrected chi connectivity index (χ4v) is 1.94. The van der Waals surface area contributed by atoms with Crippen molar-refractivity contribution in [3.63, 3.8) is 0 Å². The normalized spacial score (nSPS) is 10.6. The molecule has 0 aliphatic rings. The predicted octanol–water partition coefficient (Wildman–Crippen LogP) is 3.03. The van der Waals surface area contributed by atoms with Gasteiger partial charge in [0, 0.05) is 30.2 Å². The van der Waals surface area contributed by atoms with Crippen molar-refractivity contribution < 1.29 is 4.74 Å². The van der Waals surface area contributed by atoms with Crippen LogP contribution in [0.3, 0.4) is 0 Å². The van der Waals surface area contributed by atoms with E-state index in [0.717, 1.165) is 48.6 Å². The summed E-state index contributed by atoms with van der Waals surface area (Å²) in [6.45, 7) is 7.93. The van der Waals surface area contributed by atoms with Crippen molar-refractivity contribution in [3.8, 4) is 11.8 Å². The van der Waals surface area contributed by atoms with E-state index in [0.29, 0.717) is 6.01 Å². The third-order valence-electron chi connectivity index (χ3n) is 3.05. The lowest BCUT2D eigenvalue weighted by Gasteiger charge is -2.09. The van der Waals surface area contributed by atoms with Gasteiger partial charge in [0.2, 0.25) is 0 Å². The Morgan fingerprint density at radius 2 is 1.90 bits per heavy atom. The molecule has 0 radical (unpaired) electrons. The lowest BCUT2D eigenvalue weighted by atomic mass is 10.2. The summed E-state index contributed by atoms with van der Waals surface area (Å²) in [4.78, 5) is 13.0. The molecule has 0 unspecified atom stereocenters. The number of rotatable bonds is 7. The Hall–Kier alpha value is -2.01. The monoisotopic (exact) mass is 286 g/mol. The highest BCUT2D eigenvalue weighted by Crippen LogP contribution is 2.22. The first-order valence-corrected chi connectivity index (χ1v) is 7.39. The minimum atomic E-state index is 0.356. The summed E-state index contributed by atoms with van der Waals surface area (Å²) < 4.78 is 5.73. The predicted molar refractivity (Wildman–Crippen MR) is 82.5 cm³/mol. The van der Waals surface area contributed by atoms with Crippen molar-refractivity contribution >= 4 is 0 Å². The smallest absolute Gasteiger partial charge is 0.321 e. The zero-order valence-electron chi connectivity index (χ0n) is 12.9. The van der Waals surface area contributed by atoms with Crippen LogP contribution in [0.2, 0.25) is 0 Å². The number of ether oxygens (including phenoxy) is 1. The van der Waals surface area contributed by atoms with Crippen molar-refractivity contribution in [2.45, 2.75) is 40.2 Å². The van der Waals surface area contributed by atoms with E-state index in [2.05, 4.69) is 34.1 Å². The second-order valence-corrected chi connectivity index (χ2v) is 4.90. The third-order valence-corrected chi connectivity index (χ3v) is 3.05. The van der Waals surface area contributed by atoms with Gasteiger partial charge in [-0.1, -0.05) is 13.8 Å². The maximum atomic E-state index is 5.73. The van der Waals surface area contributed by atoms with Crippen LogP contribution < -0.4 is 10.1 Å². The van der Waals surface area contributed by atoms with Gasteiger partial charge < -0.3 is 10.1 Å². The lowest BCUT2D eigenvalue weighted by molar-refractivity contribution is 0.432. The van der Waals surface area contributed by atoms with Crippen LogP contribution in [0.5, 0.6) is 11.8 Å². The zero-order chi connectivity index (χ0) is 15.1. The number of hydrogen-bond acceptors (Lipinski definition) is 5. The van der Waals surface area contributed by atoms with Crippen molar-refractivity contribution in [1.29, 1.82) is 0 Å². The van der Waals surface area contributed by atoms with Crippen LogP contribution in [0.4, 0.5) is 0 Å². The topological polar surface area (TPSA) is 59.9 Å². The summed E-state index contributed by atoms with van der Waals surface area (Å²) in [7, 11) is 0. The molecule has 0 spiro atoms. The van der Waals surface area contributed by atoms with E-state index < -0.39 is 0 Å². The van der Waals surface area contributed by atoms with Crippen molar-refractivity contribution in [2.24, 2.45) is 0 Å². The van der Waals surface area contributed by atoms with Gasteiger partial charge in [-0.15, -0.1) is 0 Å².